The number of rotatable bonds is 6. The van der Waals surface area contributed by atoms with Crippen molar-refractivity contribution in [2.24, 2.45) is 0 Å². The molecule has 1 saturated carbocycles. The highest BCUT2D eigenvalue weighted by molar-refractivity contribution is 5.44. The van der Waals surface area contributed by atoms with Crippen LogP contribution in [0.3, 0.4) is 0 Å². The molecule has 0 spiro atoms. The Morgan fingerprint density at radius 2 is 2.00 bits per heavy atom. The Labute approximate surface area is 126 Å². The Balaban J connectivity index is 1.52. The molecular weight excluding hydrogens is 266 g/mol. The van der Waals surface area contributed by atoms with Gasteiger partial charge in [-0.05, 0) is 50.3 Å². The van der Waals surface area contributed by atoms with Crippen molar-refractivity contribution in [3.63, 3.8) is 0 Å². The van der Waals surface area contributed by atoms with Crippen LogP contribution in [0.4, 0.5) is 0 Å². The molecule has 0 saturated heterocycles. The third kappa shape index (κ3) is 3.33. The van der Waals surface area contributed by atoms with Crippen LogP contribution in [0.5, 0.6) is 11.5 Å². The van der Waals surface area contributed by atoms with Gasteiger partial charge in [0.15, 0.2) is 11.5 Å². The molecule has 4 heteroatoms. The Morgan fingerprint density at radius 3 is 2.76 bits per heavy atom. The Morgan fingerprint density at radius 1 is 1.24 bits per heavy atom. The average Bonchev–Trinajstić information content (AvgIpc) is 3.14. The van der Waals surface area contributed by atoms with Crippen LogP contribution in [-0.4, -0.2) is 30.1 Å². The van der Waals surface area contributed by atoms with Crippen molar-refractivity contribution < 1.29 is 14.6 Å². The fourth-order valence-electron chi connectivity index (χ4n) is 3.47. The van der Waals surface area contributed by atoms with Crippen LogP contribution < -0.4 is 14.8 Å². The van der Waals surface area contributed by atoms with E-state index < -0.39 is 0 Å². The summed E-state index contributed by atoms with van der Waals surface area (Å²) in [5, 5.41) is 13.3. The molecule has 2 N–H and O–H groups in total. The summed E-state index contributed by atoms with van der Waals surface area (Å²) >= 11 is 0. The van der Waals surface area contributed by atoms with E-state index in [1.807, 2.05) is 6.07 Å². The minimum Gasteiger partial charge on any atom is -0.454 e. The van der Waals surface area contributed by atoms with Gasteiger partial charge in [-0.3, -0.25) is 0 Å². The predicted molar refractivity (Wildman–Crippen MR) is 81.8 cm³/mol. The fraction of sp³-hybridized carbons (Fsp3) is 0.647. The number of benzene rings is 1. The number of aliphatic hydroxyl groups is 1. The van der Waals surface area contributed by atoms with Crippen LogP contribution in [0.15, 0.2) is 18.2 Å². The van der Waals surface area contributed by atoms with E-state index >= 15 is 0 Å². The maximum Gasteiger partial charge on any atom is 0.231 e. The number of aliphatic hydroxyl groups excluding tert-OH is 1. The molecule has 0 bridgehead atoms. The molecule has 1 aromatic rings. The second-order valence-electron chi connectivity index (χ2n) is 6.42. The van der Waals surface area contributed by atoms with Crippen LogP contribution in [0.25, 0.3) is 0 Å². The lowest BCUT2D eigenvalue weighted by Gasteiger charge is -2.32. The van der Waals surface area contributed by atoms with Crippen molar-refractivity contribution in [3.05, 3.63) is 23.8 Å². The summed E-state index contributed by atoms with van der Waals surface area (Å²) in [5.74, 6) is 1.70. The molecule has 1 fully saturated rings. The van der Waals surface area contributed by atoms with Gasteiger partial charge in [0, 0.05) is 11.6 Å². The fourth-order valence-corrected chi connectivity index (χ4v) is 3.47. The minimum absolute atomic E-state index is 0.0334. The van der Waals surface area contributed by atoms with E-state index in [2.05, 4.69) is 24.4 Å². The lowest BCUT2D eigenvalue weighted by Crippen LogP contribution is -2.50. The number of nitrogens with one attached hydrogen (secondary N) is 1. The molecule has 3 rings (SSSR count). The lowest BCUT2D eigenvalue weighted by molar-refractivity contribution is 0.151. The van der Waals surface area contributed by atoms with Crippen molar-refractivity contribution in [1.29, 1.82) is 0 Å². The summed E-state index contributed by atoms with van der Waals surface area (Å²) < 4.78 is 10.7. The van der Waals surface area contributed by atoms with Crippen LogP contribution in [0.1, 0.15) is 44.6 Å². The highest BCUT2D eigenvalue weighted by Gasteiger charge is 2.33. The first-order valence-electron chi connectivity index (χ1n) is 7.98. The highest BCUT2D eigenvalue weighted by Crippen LogP contribution is 2.33. The third-order valence-electron chi connectivity index (χ3n) is 4.72. The van der Waals surface area contributed by atoms with Crippen molar-refractivity contribution in [3.8, 4) is 11.5 Å². The minimum atomic E-state index is -0.0334. The highest BCUT2D eigenvalue weighted by atomic mass is 16.7. The van der Waals surface area contributed by atoms with Crippen LogP contribution in [0.2, 0.25) is 0 Å². The predicted octanol–water partition coefficient (Wildman–Crippen LogP) is 2.63. The smallest absolute Gasteiger partial charge is 0.231 e. The second-order valence-corrected chi connectivity index (χ2v) is 6.42. The zero-order chi connectivity index (χ0) is 14.7. The Kier molecular flexibility index (Phi) is 4.36. The molecule has 0 radical (unpaired) electrons. The van der Waals surface area contributed by atoms with Gasteiger partial charge in [0.05, 0.1) is 6.61 Å². The molecule has 1 heterocycles. The monoisotopic (exact) mass is 291 g/mol. The first-order valence-corrected chi connectivity index (χ1v) is 7.98. The quantitative estimate of drug-likeness (QED) is 0.846. The third-order valence-corrected chi connectivity index (χ3v) is 4.72. The van der Waals surface area contributed by atoms with Gasteiger partial charge in [0.2, 0.25) is 6.79 Å². The lowest BCUT2D eigenvalue weighted by atomic mass is 9.96. The number of hydrogen-bond acceptors (Lipinski definition) is 4. The van der Waals surface area contributed by atoms with E-state index in [4.69, 9.17) is 9.47 Å². The van der Waals surface area contributed by atoms with E-state index in [1.165, 1.54) is 18.4 Å². The van der Waals surface area contributed by atoms with Gasteiger partial charge in [-0.2, -0.15) is 0 Å². The van der Waals surface area contributed by atoms with Gasteiger partial charge in [-0.1, -0.05) is 18.9 Å². The van der Waals surface area contributed by atoms with E-state index in [0.29, 0.717) is 12.8 Å². The van der Waals surface area contributed by atoms with Gasteiger partial charge < -0.3 is 19.9 Å². The van der Waals surface area contributed by atoms with Crippen LogP contribution in [0, 0.1) is 0 Å². The molecule has 0 amide bonds. The van der Waals surface area contributed by atoms with Crippen LogP contribution in [-0.2, 0) is 6.42 Å². The van der Waals surface area contributed by atoms with Gasteiger partial charge in [0.1, 0.15) is 0 Å². The first-order chi connectivity index (χ1) is 10.2. The van der Waals surface area contributed by atoms with Crippen molar-refractivity contribution >= 4 is 0 Å². The van der Waals surface area contributed by atoms with E-state index in [9.17, 15) is 5.11 Å². The molecule has 1 atom stereocenters. The topological polar surface area (TPSA) is 50.7 Å². The van der Waals surface area contributed by atoms with Gasteiger partial charge in [0.25, 0.3) is 0 Å². The maximum absolute atomic E-state index is 9.66. The van der Waals surface area contributed by atoms with Gasteiger partial charge in [-0.15, -0.1) is 0 Å². The molecule has 1 unspecified atom stereocenters. The Bertz CT molecular complexity index is 483. The first kappa shape index (κ1) is 14.7. The van der Waals surface area contributed by atoms with E-state index in [0.717, 1.165) is 37.2 Å². The molecule has 1 aromatic carbocycles. The standard InChI is InChI=1S/C17H25NO3/c1-13(18-17(11-19)8-2-3-9-17)4-5-14-6-7-15-16(10-14)21-12-20-15/h6-7,10,13,18-19H,2-5,8-9,11-12H2,1H3. The molecule has 2 aliphatic rings. The maximum atomic E-state index is 9.66. The summed E-state index contributed by atoms with van der Waals surface area (Å²) in [4.78, 5) is 0. The summed E-state index contributed by atoms with van der Waals surface area (Å²) in [6, 6.07) is 6.58. The molecule has 116 valence electrons. The van der Waals surface area contributed by atoms with Crippen molar-refractivity contribution in [1.82, 2.24) is 5.32 Å². The largest absolute Gasteiger partial charge is 0.454 e. The molecule has 21 heavy (non-hydrogen) atoms. The van der Waals surface area contributed by atoms with E-state index in [-0.39, 0.29) is 12.1 Å². The van der Waals surface area contributed by atoms with Gasteiger partial charge >= 0.3 is 0 Å². The average molecular weight is 291 g/mol. The summed E-state index contributed by atoms with van der Waals surface area (Å²) in [6.07, 6.45) is 6.70. The summed E-state index contributed by atoms with van der Waals surface area (Å²) in [7, 11) is 0. The zero-order valence-corrected chi connectivity index (χ0v) is 12.7. The normalized spacial score (nSPS) is 20.7. The molecule has 1 aliphatic carbocycles. The van der Waals surface area contributed by atoms with Gasteiger partial charge in [-0.25, -0.2) is 0 Å². The van der Waals surface area contributed by atoms with Crippen molar-refractivity contribution in [2.45, 2.75) is 57.0 Å². The van der Waals surface area contributed by atoms with Crippen molar-refractivity contribution in [2.75, 3.05) is 13.4 Å². The Hall–Kier alpha value is -1.26. The van der Waals surface area contributed by atoms with E-state index in [1.54, 1.807) is 0 Å². The molecule has 4 nitrogen and oxygen atoms in total. The SMILES string of the molecule is CC(CCc1ccc2c(c1)OCO2)NC1(CO)CCCC1. The number of hydrogen-bond donors (Lipinski definition) is 2. The number of ether oxygens (including phenoxy) is 2. The van der Waals surface area contributed by atoms with Crippen LogP contribution >= 0.6 is 0 Å². The molecule has 0 aromatic heterocycles. The molecular formula is C17H25NO3. The molecule has 1 aliphatic heterocycles. The number of fused-ring (bicyclic) bond motifs is 1. The summed E-state index contributed by atoms with van der Waals surface area (Å²) in [5.41, 5.74) is 1.24. The zero-order valence-electron chi connectivity index (χ0n) is 12.7. The summed E-state index contributed by atoms with van der Waals surface area (Å²) in [6.45, 7) is 2.79. The second kappa shape index (κ2) is 6.24. The number of aryl methyl sites for hydroxylation is 1.